The summed E-state index contributed by atoms with van der Waals surface area (Å²) in [5, 5.41) is 6.71. The molecule has 0 radical (unpaired) electrons. The van der Waals surface area contributed by atoms with Gasteiger partial charge in [-0.15, -0.1) is 0 Å². The fraction of sp³-hybridized carbons (Fsp3) is 0.125. The summed E-state index contributed by atoms with van der Waals surface area (Å²) in [6, 6.07) is 7.26. The van der Waals surface area contributed by atoms with E-state index in [0.29, 0.717) is 0 Å². The van der Waals surface area contributed by atoms with Gasteiger partial charge in [0.2, 0.25) is 5.25 Å². The Hall–Kier alpha value is -0.400. The number of hydrogen-bond donors (Lipinski definition) is 2. The second-order valence-electron chi connectivity index (χ2n) is 2.64. The van der Waals surface area contributed by atoms with Crippen molar-refractivity contribution in [2.24, 2.45) is 0 Å². The van der Waals surface area contributed by atoms with Crippen LogP contribution < -0.4 is 29.6 Å². The predicted molar refractivity (Wildman–Crippen MR) is 48.4 cm³/mol. The first-order valence-corrected chi connectivity index (χ1v) is 5.17. The van der Waals surface area contributed by atoms with Crippen molar-refractivity contribution in [3.63, 3.8) is 0 Å². The van der Waals surface area contributed by atoms with Gasteiger partial charge in [-0.05, 0) is 5.56 Å². The Morgan fingerprint density at radius 1 is 1.20 bits per heavy atom. The molecule has 0 fully saturated rings. The van der Waals surface area contributed by atoms with Crippen molar-refractivity contribution < 1.29 is 52.4 Å². The molecule has 0 aliphatic rings. The normalized spacial score (nSPS) is 12.6. The van der Waals surface area contributed by atoms with Crippen LogP contribution in [0.4, 0.5) is 0 Å². The maximum absolute atomic E-state index is 10.7. The zero-order chi connectivity index (χ0) is 10.8. The van der Waals surface area contributed by atoms with Crippen LogP contribution in [0.1, 0.15) is 10.8 Å². The van der Waals surface area contributed by atoms with Crippen molar-refractivity contribution in [2.75, 3.05) is 0 Å². The average Bonchev–Trinajstić information content (AvgIpc) is 2.02. The first-order valence-electron chi connectivity index (χ1n) is 3.67. The van der Waals surface area contributed by atoms with Crippen LogP contribution in [0.15, 0.2) is 30.3 Å². The van der Waals surface area contributed by atoms with Gasteiger partial charge >= 0.3 is 35.5 Å². The Bertz CT molecular complexity index is 428. The van der Waals surface area contributed by atoms with Crippen LogP contribution in [-0.2, 0) is 14.9 Å². The number of carboxylic acid groups (broad SMARTS) is 1. The molecule has 15 heavy (non-hydrogen) atoms. The predicted octanol–water partition coefficient (Wildman–Crippen LogP) is -2.30. The molecule has 1 unspecified atom stereocenters. The van der Waals surface area contributed by atoms with Crippen molar-refractivity contribution in [1.82, 2.24) is 0 Å². The molecular formula is C8H8NaO5S+. The topological polar surface area (TPSA) is 91.7 Å². The van der Waals surface area contributed by atoms with Crippen LogP contribution in [0.25, 0.3) is 0 Å². The van der Waals surface area contributed by atoms with E-state index in [1.54, 1.807) is 6.07 Å². The molecule has 0 spiro atoms. The maximum atomic E-state index is 10.7. The van der Waals surface area contributed by atoms with Gasteiger partial charge in [-0.1, -0.05) is 30.3 Å². The minimum absolute atomic E-state index is 0. The van der Waals surface area contributed by atoms with E-state index in [4.69, 9.17) is 9.66 Å². The Kier molecular flexibility index (Phi) is 5.47. The smallest absolute Gasteiger partial charge is 0.480 e. The molecule has 5 nitrogen and oxygen atoms in total. The molecule has 0 saturated carbocycles. The summed E-state index contributed by atoms with van der Waals surface area (Å²) in [5.74, 6) is -1.60. The van der Waals surface area contributed by atoms with Crippen LogP contribution in [0.2, 0.25) is 0 Å². The first kappa shape index (κ1) is 14.6. The van der Waals surface area contributed by atoms with Crippen LogP contribution in [0, 0.1) is 0 Å². The SMILES string of the molecule is O=C(O)C(c1ccccc1)S(=O)(=O)O.[Na+]. The molecule has 0 saturated heterocycles. The van der Waals surface area contributed by atoms with Crippen molar-refractivity contribution in [2.45, 2.75) is 5.25 Å². The second-order valence-corrected chi connectivity index (χ2v) is 4.15. The average molecular weight is 239 g/mol. The molecule has 0 aromatic heterocycles. The molecule has 7 heteroatoms. The van der Waals surface area contributed by atoms with Gasteiger partial charge < -0.3 is 5.11 Å². The van der Waals surface area contributed by atoms with Crippen molar-refractivity contribution >= 4 is 16.1 Å². The minimum Gasteiger partial charge on any atom is -0.480 e. The number of carbonyl (C=O) groups is 1. The second kappa shape index (κ2) is 5.62. The van der Waals surface area contributed by atoms with E-state index < -0.39 is 21.3 Å². The Morgan fingerprint density at radius 2 is 1.67 bits per heavy atom. The number of carboxylic acids is 1. The molecule has 1 atom stereocenters. The van der Waals surface area contributed by atoms with Crippen LogP contribution >= 0.6 is 0 Å². The summed E-state index contributed by atoms with van der Waals surface area (Å²) in [7, 11) is -4.62. The molecule has 0 heterocycles. The summed E-state index contributed by atoms with van der Waals surface area (Å²) in [5.41, 5.74) is 0.0301. The van der Waals surface area contributed by atoms with Gasteiger partial charge in [0.05, 0.1) is 0 Å². The van der Waals surface area contributed by atoms with Gasteiger partial charge in [-0.3, -0.25) is 9.35 Å². The molecular weight excluding hydrogens is 231 g/mol. The van der Waals surface area contributed by atoms with E-state index >= 15 is 0 Å². The molecule has 0 amide bonds. The third-order valence-corrected chi connectivity index (χ3v) is 2.69. The van der Waals surface area contributed by atoms with Gasteiger partial charge in [0, 0.05) is 0 Å². The summed E-state index contributed by atoms with van der Waals surface area (Å²) in [6.45, 7) is 0. The van der Waals surface area contributed by atoms with E-state index in [1.165, 1.54) is 24.3 Å². The number of aliphatic carboxylic acids is 1. The molecule has 76 valence electrons. The van der Waals surface area contributed by atoms with Crippen molar-refractivity contribution in [3.05, 3.63) is 35.9 Å². The monoisotopic (exact) mass is 239 g/mol. The number of hydrogen-bond acceptors (Lipinski definition) is 3. The van der Waals surface area contributed by atoms with Crippen LogP contribution in [0.3, 0.4) is 0 Å². The molecule has 0 aliphatic heterocycles. The van der Waals surface area contributed by atoms with Crippen LogP contribution in [-0.4, -0.2) is 24.0 Å². The van der Waals surface area contributed by atoms with E-state index in [1.807, 2.05) is 0 Å². The summed E-state index contributed by atoms with van der Waals surface area (Å²) in [6.07, 6.45) is 0. The van der Waals surface area contributed by atoms with E-state index in [9.17, 15) is 13.2 Å². The number of benzene rings is 1. The van der Waals surface area contributed by atoms with Crippen molar-refractivity contribution in [1.29, 1.82) is 0 Å². The van der Waals surface area contributed by atoms with E-state index in [-0.39, 0.29) is 35.1 Å². The van der Waals surface area contributed by atoms with Crippen molar-refractivity contribution in [3.8, 4) is 0 Å². The third kappa shape index (κ3) is 3.92. The Morgan fingerprint density at radius 3 is 2.00 bits per heavy atom. The molecule has 1 aromatic carbocycles. The van der Waals surface area contributed by atoms with Gasteiger partial charge in [-0.2, -0.15) is 8.42 Å². The standard InChI is InChI=1S/C8H8O5S.Na/c9-8(10)7(14(11,12)13)6-4-2-1-3-5-6;/h1-5,7H,(H,9,10)(H,11,12,13);/q;+1. The number of rotatable bonds is 3. The van der Waals surface area contributed by atoms with Crippen LogP contribution in [0.5, 0.6) is 0 Å². The van der Waals surface area contributed by atoms with Gasteiger partial charge in [0.25, 0.3) is 10.1 Å². The minimum atomic E-state index is -4.62. The fourth-order valence-electron chi connectivity index (χ4n) is 1.07. The molecule has 1 rings (SSSR count). The summed E-state index contributed by atoms with van der Waals surface area (Å²) >= 11 is 0. The third-order valence-electron chi connectivity index (χ3n) is 1.62. The quantitative estimate of drug-likeness (QED) is 0.457. The molecule has 2 N–H and O–H groups in total. The summed E-state index contributed by atoms with van der Waals surface area (Å²) in [4.78, 5) is 10.6. The van der Waals surface area contributed by atoms with Gasteiger partial charge in [0.15, 0.2) is 0 Å². The van der Waals surface area contributed by atoms with E-state index in [2.05, 4.69) is 0 Å². The fourth-order valence-corrected chi connectivity index (χ4v) is 1.83. The largest absolute Gasteiger partial charge is 1.00 e. The Labute approximate surface area is 109 Å². The van der Waals surface area contributed by atoms with Gasteiger partial charge in [0.1, 0.15) is 0 Å². The molecule has 0 bridgehead atoms. The van der Waals surface area contributed by atoms with E-state index in [0.717, 1.165) is 0 Å². The molecule has 1 aromatic rings. The zero-order valence-corrected chi connectivity index (χ0v) is 10.8. The zero-order valence-electron chi connectivity index (χ0n) is 7.99. The summed E-state index contributed by atoms with van der Waals surface area (Å²) < 4.78 is 30.2. The maximum Gasteiger partial charge on any atom is 1.00 e. The Balaban J connectivity index is 0.00000196. The first-order chi connectivity index (χ1) is 6.43. The van der Waals surface area contributed by atoms with Gasteiger partial charge in [-0.25, -0.2) is 0 Å². The molecule has 0 aliphatic carbocycles.